The predicted octanol–water partition coefficient (Wildman–Crippen LogP) is 4.27. The minimum atomic E-state index is -0.380. The second-order valence-corrected chi connectivity index (χ2v) is 5.24. The second-order valence-electron chi connectivity index (χ2n) is 5.24. The first kappa shape index (κ1) is 13.6. The van der Waals surface area contributed by atoms with E-state index in [1.807, 2.05) is 29.7 Å². The molecule has 0 spiro atoms. The van der Waals surface area contributed by atoms with Crippen LogP contribution in [0.1, 0.15) is 18.9 Å². The minimum Gasteiger partial charge on any atom is -0.507 e. The van der Waals surface area contributed by atoms with Gasteiger partial charge >= 0.3 is 0 Å². The van der Waals surface area contributed by atoms with E-state index < -0.39 is 0 Å². The Morgan fingerprint density at radius 3 is 2.76 bits per heavy atom. The fourth-order valence-electron chi connectivity index (χ4n) is 2.58. The second kappa shape index (κ2) is 5.20. The van der Waals surface area contributed by atoms with Gasteiger partial charge in [-0.2, -0.15) is 0 Å². The third-order valence-corrected chi connectivity index (χ3v) is 3.55. The Hall–Kier alpha value is -2.36. The standard InChI is InChI=1S/C17H17FN2O/c1-3-8-20-15-6-4-11(2)9-14(15)19-17(20)13-10-12(18)5-7-16(13)21/h4-7,9-10,21H,3,8H2,1-2H3. The molecule has 4 heteroatoms. The molecule has 1 N–H and O–H groups in total. The topological polar surface area (TPSA) is 38.0 Å². The van der Waals surface area contributed by atoms with Gasteiger partial charge in [-0.1, -0.05) is 13.0 Å². The lowest BCUT2D eigenvalue weighted by molar-refractivity contribution is 0.474. The Balaban J connectivity index is 2.30. The van der Waals surface area contributed by atoms with Crippen LogP contribution in [0.3, 0.4) is 0 Å². The van der Waals surface area contributed by atoms with Crippen LogP contribution in [-0.2, 0) is 6.54 Å². The summed E-state index contributed by atoms with van der Waals surface area (Å²) in [5.41, 5.74) is 3.42. The van der Waals surface area contributed by atoms with Crippen LogP contribution in [0.4, 0.5) is 4.39 Å². The normalized spacial score (nSPS) is 11.2. The van der Waals surface area contributed by atoms with Gasteiger partial charge in [0.2, 0.25) is 0 Å². The van der Waals surface area contributed by atoms with Crippen LogP contribution >= 0.6 is 0 Å². The van der Waals surface area contributed by atoms with Crippen molar-refractivity contribution in [1.82, 2.24) is 9.55 Å². The highest BCUT2D eigenvalue weighted by Crippen LogP contribution is 2.32. The monoisotopic (exact) mass is 284 g/mol. The molecule has 0 fully saturated rings. The highest BCUT2D eigenvalue weighted by Gasteiger charge is 2.16. The van der Waals surface area contributed by atoms with E-state index in [-0.39, 0.29) is 11.6 Å². The highest BCUT2D eigenvalue weighted by molar-refractivity contribution is 5.82. The first-order valence-electron chi connectivity index (χ1n) is 7.06. The molecule has 0 saturated carbocycles. The van der Waals surface area contributed by atoms with Crippen molar-refractivity contribution in [1.29, 1.82) is 0 Å². The molecule has 3 nitrogen and oxygen atoms in total. The number of aromatic hydroxyl groups is 1. The summed E-state index contributed by atoms with van der Waals surface area (Å²) in [5.74, 6) is 0.268. The number of rotatable bonds is 3. The van der Waals surface area contributed by atoms with Crippen LogP contribution in [-0.4, -0.2) is 14.7 Å². The number of imidazole rings is 1. The molecule has 3 aromatic rings. The SMILES string of the molecule is CCCn1c(-c2cc(F)ccc2O)nc2cc(C)ccc21. The van der Waals surface area contributed by atoms with Crippen molar-refractivity contribution in [2.45, 2.75) is 26.8 Å². The number of phenols is 1. The van der Waals surface area contributed by atoms with Gasteiger partial charge in [-0.25, -0.2) is 9.37 Å². The van der Waals surface area contributed by atoms with Crippen molar-refractivity contribution in [3.63, 3.8) is 0 Å². The summed E-state index contributed by atoms with van der Waals surface area (Å²) in [4.78, 5) is 4.60. The van der Waals surface area contributed by atoms with E-state index in [2.05, 4.69) is 11.9 Å². The molecule has 0 unspecified atom stereocenters. The number of hydrogen-bond donors (Lipinski definition) is 1. The van der Waals surface area contributed by atoms with E-state index >= 15 is 0 Å². The Labute approximate surface area is 122 Å². The number of phenolic OH excluding ortho intramolecular Hbond substituents is 1. The number of nitrogens with zero attached hydrogens (tertiary/aromatic N) is 2. The van der Waals surface area contributed by atoms with Crippen LogP contribution < -0.4 is 0 Å². The number of benzene rings is 2. The lowest BCUT2D eigenvalue weighted by Gasteiger charge is -2.09. The van der Waals surface area contributed by atoms with Crippen molar-refractivity contribution in [3.05, 3.63) is 47.8 Å². The maximum atomic E-state index is 13.5. The van der Waals surface area contributed by atoms with Gasteiger partial charge in [0, 0.05) is 6.54 Å². The fraction of sp³-hybridized carbons (Fsp3) is 0.235. The van der Waals surface area contributed by atoms with Gasteiger partial charge in [-0.3, -0.25) is 0 Å². The molecule has 1 aromatic heterocycles. The first-order chi connectivity index (χ1) is 10.1. The predicted molar refractivity (Wildman–Crippen MR) is 81.8 cm³/mol. The van der Waals surface area contributed by atoms with Gasteiger partial charge in [0.25, 0.3) is 0 Å². The molecule has 1 heterocycles. The quantitative estimate of drug-likeness (QED) is 0.780. The Bertz CT molecular complexity index is 808. The molecule has 2 aromatic carbocycles. The van der Waals surface area contributed by atoms with Crippen molar-refractivity contribution in [2.75, 3.05) is 0 Å². The van der Waals surface area contributed by atoms with E-state index in [4.69, 9.17) is 0 Å². The summed E-state index contributed by atoms with van der Waals surface area (Å²) in [7, 11) is 0. The van der Waals surface area contributed by atoms with Gasteiger partial charge in [0.15, 0.2) is 0 Å². The van der Waals surface area contributed by atoms with E-state index in [9.17, 15) is 9.50 Å². The maximum Gasteiger partial charge on any atom is 0.144 e. The summed E-state index contributed by atoms with van der Waals surface area (Å²) in [6, 6.07) is 10.00. The zero-order valence-corrected chi connectivity index (χ0v) is 12.1. The Kier molecular flexibility index (Phi) is 3.37. The largest absolute Gasteiger partial charge is 0.507 e. The maximum absolute atomic E-state index is 13.5. The Morgan fingerprint density at radius 1 is 1.19 bits per heavy atom. The summed E-state index contributed by atoms with van der Waals surface area (Å²) in [6.07, 6.45) is 0.933. The summed E-state index contributed by atoms with van der Waals surface area (Å²) < 4.78 is 15.6. The molecule has 21 heavy (non-hydrogen) atoms. The molecular weight excluding hydrogens is 267 g/mol. The lowest BCUT2D eigenvalue weighted by Crippen LogP contribution is -2.00. The number of hydrogen-bond acceptors (Lipinski definition) is 2. The highest BCUT2D eigenvalue weighted by atomic mass is 19.1. The number of halogens is 1. The fourth-order valence-corrected chi connectivity index (χ4v) is 2.58. The average molecular weight is 284 g/mol. The van der Waals surface area contributed by atoms with Crippen molar-refractivity contribution >= 4 is 11.0 Å². The molecule has 0 aliphatic carbocycles. The molecule has 0 radical (unpaired) electrons. The van der Waals surface area contributed by atoms with Crippen molar-refractivity contribution < 1.29 is 9.50 Å². The van der Waals surface area contributed by atoms with E-state index in [0.29, 0.717) is 11.4 Å². The van der Waals surface area contributed by atoms with Gasteiger partial charge in [0.1, 0.15) is 17.4 Å². The van der Waals surface area contributed by atoms with Crippen molar-refractivity contribution in [3.8, 4) is 17.1 Å². The zero-order chi connectivity index (χ0) is 15.0. The summed E-state index contributed by atoms with van der Waals surface area (Å²) in [5, 5.41) is 10.0. The average Bonchev–Trinajstić information content (AvgIpc) is 2.80. The molecular formula is C17H17FN2O. The zero-order valence-electron chi connectivity index (χ0n) is 12.1. The number of aromatic nitrogens is 2. The molecule has 0 bridgehead atoms. The minimum absolute atomic E-state index is 0.0424. The molecule has 0 aliphatic rings. The van der Waals surface area contributed by atoms with Gasteiger partial charge in [-0.05, 0) is 49.2 Å². The van der Waals surface area contributed by atoms with Crippen LogP contribution in [0.25, 0.3) is 22.4 Å². The van der Waals surface area contributed by atoms with Crippen LogP contribution in [0.2, 0.25) is 0 Å². The van der Waals surface area contributed by atoms with E-state index in [0.717, 1.165) is 29.6 Å². The van der Waals surface area contributed by atoms with Gasteiger partial charge < -0.3 is 9.67 Å². The third-order valence-electron chi connectivity index (χ3n) is 3.55. The molecule has 0 aliphatic heterocycles. The molecule has 0 atom stereocenters. The molecule has 0 saturated heterocycles. The van der Waals surface area contributed by atoms with Crippen molar-refractivity contribution in [2.24, 2.45) is 0 Å². The first-order valence-corrected chi connectivity index (χ1v) is 7.06. The van der Waals surface area contributed by atoms with Crippen LogP contribution in [0.5, 0.6) is 5.75 Å². The Morgan fingerprint density at radius 2 is 2.00 bits per heavy atom. The summed E-state index contributed by atoms with van der Waals surface area (Å²) >= 11 is 0. The third kappa shape index (κ3) is 2.37. The van der Waals surface area contributed by atoms with Gasteiger partial charge in [0.05, 0.1) is 16.6 Å². The smallest absolute Gasteiger partial charge is 0.144 e. The molecule has 0 amide bonds. The molecule has 108 valence electrons. The lowest BCUT2D eigenvalue weighted by atomic mass is 10.2. The number of fused-ring (bicyclic) bond motifs is 1. The van der Waals surface area contributed by atoms with E-state index in [1.165, 1.54) is 18.2 Å². The van der Waals surface area contributed by atoms with Crippen LogP contribution in [0, 0.1) is 12.7 Å². The number of aryl methyl sites for hydroxylation is 2. The summed E-state index contributed by atoms with van der Waals surface area (Å²) in [6.45, 7) is 4.86. The van der Waals surface area contributed by atoms with E-state index in [1.54, 1.807) is 0 Å². The van der Waals surface area contributed by atoms with Gasteiger partial charge in [-0.15, -0.1) is 0 Å². The van der Waals surface area contributed by atoms with Crippen LogP contribution in [0.15, 0.2) is 36.4 Å². The molecule has 3 rings (SSSR count).